The summed E-state index contributed by atoms with van der Waals surface area (Å²) < 4.78 is 8.95. The van der Waals surface area contributed by atoms with E-state index in [9.17, 15) is 0 Å². The van der Waals surface area contributed by atoms with Crippen LogP contribution in [0, 0.1) is 0 Å². The molecule has 0 unspecified atom stereocenters. The average Bonchev–Trinajstić information content (AvgIpc) is 3.66. The van der Waals surface area contributed by atoms with Crippen molar-refractivity contribution in [3.05, 3.63) is 206 Å². The van der Waals surface area contributed by atoms with Crippen molar-refractivity contribution in [1.82, 2.24) is 14.5 Å². The van der Waals surface area contributed by atoms with E-state index in [2.05, 4.69) is 198 Å². The van der Waals surface area contributed by atoms with E-state index < -0.39 is 0 Å². The third-order valence-corrected chi connectivity index (χ3v) is 11.6. The smallest absolute Gasteiger partial charge is 0.235 e. The highest BCUT2D eigenvalue weighted by Gasteiger charge is 2.27. The lowest BCUT2D eigenvalue weighted by Crippen LogP contribution is -2.15. The Labute approximate surface area is 340 Å². The van der Waals surface area contributed by atoms with Gasteiger partial charge in [-0.2, -0.15) is 0 Å². The molecule has 12 rings (SSSR count). The van der Waals surface area contributed by atoms with Crippen LogP contribution in [0.3, 0.4) is 0 Å². The van der Waals surface area contributed by atoms with Crippen LogP contribution in [0.4, 0.5) is 17.1 Å². The van der Waals surface area contributed by atoms with E-state index in [1.165, 1.54) is 16.3 Å². The van der Waals surface area contributed by atoms with Crippen LogP contribution in [-0.4, -0.2) is 14.5 Å². The van der Waals surface area contributed by atoms with Gasteiger partial charge in [-0.3, -0.25) is 4.57 Å². The minimum atomic E-state index is 0.625. The fraction of sp³-hybridized carbons (Fsp3) is 0. The summed E-state index contributed by atoms with van der Waals surface area (Å²) in [5, 5.41) is 5.66. The molecule has 5 heteroatoms. The summed E-state index contributed by atoms with van der Waals surface area (Å²) in [7, 11) is 0. The number of rotatable bonds is 5. The van der Waals surface area contributed by atoms with E-state index in [0.717, 1.165) is 89.2 Å². The van der Waals surface area contributed by atoms with Gasteiger partial charge in [0.15, 0.2) is 11.5 Å². The summed E-state index contributed by atoms with van der Waals surface area (Å²) >= 11 is 0. The first-order valence-corrected chi connectivity index (χ1v) is 19.9. The Hall–Kier alpha value is -8.02. The number of para-hydroxylation sites is 4. The molecule has 0 aliphatic carbocycles. The van der Waals surface area contributed by atoms with Crippen LogP contribution in [0.15, 0.2) is 206 Å². The van der Waals surface area contributed by atoms with Crippen molar-refractivity contribution in [3.63, 3.8) is 0 Å². The number of fused-ring (bicyclic) bond motifs is 8. The van der Waals surface area contributed by atoms with E-state index in [1.54, 1.807) is 0 Å². The molecule has 3 heterocycles. The molecule has 0 amide bonds. The van der Waals surface area contributed by atoms with Gasteiger partial charge in [0.25, 0.3) is 0 Å². The van der Waals surface area contributed by atoms with Crippen LogP contribution >= 0.6 is 0 Å². The van der Waals surface area contributed by atoms with Crippen LogP contribution in [0.1, 0.15) is 0 Å². The van der Waals surface area contributed by atoms with Gasteiger partial charge in [-0.15, -0.1) is 0 Å². The second kappa shape index (κ2) is 13.3. The molecule has 0 N–H and O–H groups in total. The molecule has 0 spiro atoms. The van der Waals surface area contributed by atoms with Crippen molar-refractivity contribution in [2.24, 2.45) is 0 Å². The minimum Gasteiger partial charge on any atom is -0.453 e. The molecule has 0 radical (unpaired) electrons. The Morgan fingerprint density at radius 1 is 0.407 bits per heavy atom. The topological polar surface area (TPSA) is 43.2 Å². The summed E-state index contributed by atoms with van der Waals surface area (Å²) in [6, 6.07) is 72.5. The molecule has 1 aliphatic rings. The maximum Gasteiger partial charge on any atom is 0.235 e. The van der Waals surface area contributed by atoms with Gasteiger partial charge in [0.2, 0.25) is 5.95 Å². The molecule has 9 aromatic carbocycles. The summed E-state index contributed by atoms with van der Waals surface area (Å²) in [4.78, 5) is 13.1. The zero-order valence-electron chi connectivity index (χ0n) is 31.8. The van der Waals surface area contributed by atoms with E-state index in [4.69, 9.17) is 14.7 Å². The highest BCUT2D eigenvalue weighted by atomic mass is 16.5. The molecule has 11 aromatic rings. The fourth-order valence-electron chi connectivity index (χ4n) is 8.92. The van der Waals surface area contributed by atoms with Gasteiger partial charge in [0.1, 0.15) is 0 Å². The predicted octanol–water partition coefficient (Wildman–Crippen LogP) is 14.5. The molecule has 0 atom stereocenters. The first-order valence-electron chi connectivity index (χ1n) is 19.9. The Balaban J connectivity index is 1.10. The summed E-state index contributed by atoms with van der Waals surface area (Å²) in [6.07, 6.45) is 0. The van der Waals surface area contributed by atoms with Gasteiger partial charge in [-0.25, -0.2) is 9.97 Å². The molecule has 0 bridgehead atoms. The number of aromatic nitrogens is 3. The van der Waals surface area contributed by atoms with Crippen LogP contribution in [-0.2, 0) is 0 Å². The molecule has 0 fully saturated rings. The Bertz CT molecular complexity index is 3430. The predicted molar refractivity (Wildman–Crippen MR) is 242 cm³/mol. The van der Waals surface area contributed by atoms with E-state index in [0.29, 0.717) is 5.95 Å². The Morgan fingerprint density at radius 3 is 2.00 bits per heavy atom. The van der Waals surface area contributed by atoms with Gasteiger partial charge in [-0.05, 0) is 93.7 Å². The van der Waals surface area contributed by atoms with Gasteiger partial charge in [0, 0.05) is 27.4 Å². The second-order valence-corrected chi connectivity index (χ2v) is 15.0. The van der Waals surface area contributed by atoms with Crippen molar-refractivity contribution in [2.45, 2.75) is 0 Å². The van der Waals surface area contributed by atoms with Crippen molar-refractivity contribution in [2.75, 3.05) is 4.90 Å². The molecular formula is C54H34N4O. The first kappa shape index (κ1) is 33.2. The molecule has 276 valence electrons. The summed E-state index contributed by atoms with van der Waals surface area (Å²) in [5.41, 5.74) is 12.5. The molecule has 0 saturated heterocycles. The number of anilines is 3. The van der Waals surface area contributed by atoms with Crippen LogP contribution in [0.25, 0.3) is 82.9 Å². The highest BCUT2D eigenvalue weighted by Crippen LogP contribution is 2.52. The molecule has 2 aromatic heterocycles. The molecule has 1 aliphatic heterocycles. The lowest BCUT2D eigenvalue weighted by atomic mass is 9.96. The number of nitrogens with zero attached hydrogens (tertiary/aromatic N) is 4. The zero-order chi connectivity index (χ0) is 38.9. The van der Waals surface area contributed by atoms with Crippen LogP contribution in [0.5, 0.6) is 11.5 Å². The SMILES string of the molecule is c1ccc(-c2cccc(-c3nc(-n4c5cccc(-c6ccc7c(c6)Oc6ccccc6N7c6ccccc6)c5c5c6ccccc6ccc54)nc4ccccc34)c2)cc1. The number of hydrogen-bond acceptors (Lipinski definition) is 4. The van der Waals surface area contributed by atoms with E-state index in [1.807, 2.05) is 18.2 Å². The van der Waals surface area contributed by atoms with E-state index >= 15 is 0 Å². The fourth-order valence-corrected chi connectivity index (χ4v) is 8.92. The monoisotopic (exact) mass is 754 g/mol. The van der Waals surface area contributed by atoms with Crippen LogP contribution in [0.2, 0.25) is 0 Å². The Kier molecular flexibility index (Phi) is 7.47. The van der Waals surface area contributed by atoms with Gasteiger partial charge < -0.3 is 9.64 Å². The van der Waals surface area contributed by atoms with Crippen molar-refractivity contribution < 1.29 is 4.74 Å². The largest absolute Gasteiger partial charge is 0.453 e. The van der Waals surface area contributed by atoms with Crippen molar-refractivity contribution >= 4 is 60.5 Å². The van der Waals surface area contributed by atoms with Crippen molar-refractivity contribution in [1.29, 1.82) is 0 Å². The Morgan fingerprint density at radius 2 is 1.10 bits per heavy atom. The summed E-state index contributed by atoms with van der Waals surface area (Å²) in [6.45, 7) is 0. The third-order valence-electron chi connectivity index (χ3n) is 11.6. The molecule has 59 heavy (non-hydrogen) atoms. The van der Waals surface area contributed by atoms with Gasteiger partial charge in [-0.1, -0.05) is 146 Å². The number of benzene rings is 9. The van der Waals surface area contributed by atoms with E-state index in [-0.39, 0.29) is 0 Å². The maximum absolute atomic E-state index is 6.70. The second-order valence-electron chi connectivity index (χ2n) is 15.0. The molecule has 5 nitrogen and oxygen atoms in total. The lowest BCUT2D eigenvalue weighted by Gasteiger charge is -2.33. The minimum absolute atomic E-state index is 0.625. The standard InChI is InChI=1S/C54H34N4O/c1-3-15-35(16-4-1)37-18-13-19-39(33-37)53-43-23-9-10-25-44(43)55-54(56-53)58-47-27-14-24-42(52(47)51-41-22-8-7-17-36(41)29-32-48(51)58)38-30-31-46-50(34-38)59-49-28-12-11-26-45(49)57(46)40-20-5-2-6-21-40/h1-34H. The molecule has 0 saturated carbocycles. The maximum atomic E-state index is 6.70. The lowest BCUT2D eigenvalue weighted by molar-refractivity contribution is 0.477. The quantitative estimate of drug-likeness (QED) is 0.175. The molecular weight excluding hydrogens is 721 g/mol. The van der Waals surface area contributed by atoms with Crippen molar-refractivity contribution in [3.8, 4) is 51.0 Å². The van der Waals surface area contributed by atoms with Gasteiger partial charge >= 0.3 is 0 Å². The average molecular weight is 755 g/mol. The normalized spacial score (nSPS) is 12.2. The number of hydrogen-bond donors (Lipinski definition) is 0. The first-order chi connectivity index (χ1) is 29.3. The zero-order valence-corrected chi connectivity index (χ0v) is 31.8. The summed E-state index contributed by atoms with van der Waals surface area (Å²) in [5.74, 6) is 2.25. The number of ether oxygens (including phenoxy) is 1. The highest BCUT2D eigenvalue weighted by molar-refractivity contribution is 6.25. The third kappa shape index (κ3) is 5.33. The van der Waals surface area contributed by atoms with Gasteiger partial charge in [0.05, 0.1) is 33.6 Å². The van der Waals surface area contributed by atoms with Crippen LogP contribution < -0.4 is 9.64 Å².